The van der Waals surface area contributed by atoms with Gasteiger partial charge in [-0.15, -0.1) is 0 Å². The van der Waals surface area contributed by atoms with Gasteiger partial charge in [0.15, 0.2) is 0 Å². The van der Waals surface area contributed by atoms with Crippen LogP contribution in [-0.2, 0) is 11.2 Å². The van der Waals surface area contributed by atoms with E-state index in [-0.39, 0.29) is 6.04 Å². The molecule has 0 aromatic heterocycles. The highest BCUT2D eigenvalue weighted by Gasteiger charge is 2.20. The zero-order chi connectivity index (χ0) is 9.97. The van der Waals surface area contributed by atoms with Crippen molar-refractivity contribution in [2.24, 2.45) is 5.73 Å². The average Bonchev–Trinajstić information content (AvgIpc) is 1.99. The molecule has 1 heterocycles. The molecule has 1 atom stereocenters. The zero-order valence-electron chi connectivity index (χ0n) is 8.57. The minimum absolute atomic E-state index is 0.239. The van der Waals surface area contributed by atoms with Crippen LogP contribution in [0.5, 0.6) is 0 Å². The van der Waals surface area contributed by atoms with Crippen molar-refractivity contribution in [2.45, 2.75) is 25.3 Å². The van der Waals surface area contributed by atoms with Crippen LogP contribution in [0, 0.1) is 0 Å². The second kappa shape index (κ2) is 4.11. The third kappa shape index (κ3) is 2.14. The van der Waals surface area contributed by atoms with E-state index in [4.69, 9.17) is 10.5 Å². The van der Waals surface area contributed by atoms with Crippen LogP contribution in [0.2, 0.25) is 0 Å². The highest BCUT2D eigenvalue weighted by molar-refractivity contribution is 5.28. The number of hydrogen-bond donors (Lipinski definition) is 1. The lowest BCUT2D eigenvalue weighted by Crippen LogP contribution is -2.25. The Hall–Kier alpha value is -0.860. The summed E-state index contributed by atoms with van der Waals surface area (Å²) in [6.45, 7) is 3.79. The molecule has 2 N–H and O–H groups in total. The molecule has 14 heavy (non-hydrogen) atoms. The van der Waals surface area contributed by atoms with Gasteiger partial charge in [0.25, 0.3) is 0 Å². The molecular formula is C12H17NO. The van der Waals surface area contributed by atoms with E-state index in [0.717, 1.165) is 19.6 Å². The van der Waals surface area contributed by atoms with Crippen molar-refractivity contribution in [2.75, 3.05) is 13.2 Å². The van der Waals surface area contributed by atoms with Gasteiger partial charge in [0, 0.05) is 12.0 Å². The molecule has 1 fully saturated rings. The Morgan fingerprint density at radius 2 is 2.29 bits per heavy atom. The van der Waals surface area contributed by atoms with Gasteiger partial charge in [0.1, 0.15) is 0 Å². The predicted octanol–water partition coefficient (Wildman–Crippen LogP) is 1.69. The van der Waals surface area contributed by atoms with Crippen LogP contribution in [0.1, 0.15) is 24.0 Å². The van der Waals surface area contributed by atoms with Crippen molar-refractivity contribution < 1.29 is 4.74 Å². The first-order chi connectivity index (χ1) is 6.75. The lowest BCUT2D eigenvalue weighted by molar-refractivity contribution is 0.00840. The molecule has 0 radical (unpaired) electrons. The number of hydrogen-bond acceptors (Lipinski definition) is 2. The SMILES string of the molecule is CC(N)Cc1cccc(C2COC2)c1. The Bertz CT molecular complexity index is 305. The second-order valence-corrected chi connectivity index (χ2v) is 4.16. The van der Waals surface area contributed by atoms with Gasteiger partial charge >= 0.3 is 0 Å². The maximum Gasteiger partial charge on any atom is 0.0557 e. The maximum absolute atomic E-state index is 5.77. The first kappa shape index (κ1) is 9.69. The van der Waals surface area contributed by atoms with E-state index >= 15 is 0 Å². The minimum Gasteiger partial charge on any atom is -0.380 e. The minimum atomic E-state index is 0.239. The fourth-order valence-electron chi connectivity index (χ4n) is 1.77. The van der Waals surface area contributed by atoms with Crippen LogP contribution in [0.4, 0.5) is 0 Å². The van der Waals surface area contributed by atoms with Crippen molar-refractivity contribution in [3.05, 3.63) is 35.4 Å². The highest BCUT2D eigenvalue weighted by atomic mass is 16.5. The molecule has 2 heteroatoms. The molecule has 0 saturated carbocycles. The maximum atomic E-state index is 5.77. The highest BCUT2D eigenvalue weighted by Crippen LogP contribution is 2.24. The van der Waals surface area contributed by atoms with Gasteiger partial charge in [-0.2, -0.15) is 0 Å². The molecule has 0 spiro atoms. The first-order valence-electron chi connectivity index (χ1n) is 5.18. The molecule has 1 aromatic carbocycles. The van der Waals surface area contributed by atoms with Gasteiger partial charge in [-0.1, -0.05) is 24.3 Å². The Morgan fingerprint density at radius 3 is 2.86 bits per heavy atom. The monoisotopic (exact) mass is 191 g/mol. The summed E-state index contributed by atoms with van der Waals surface area (Å²) >= 11 is 0. The topological polar surface area (TPSA) is 35.2 Å². The summed E-state index contributed by atoms with van der Waals surface area (Å²) < 4.78 is 5.19. The number of nitrogens with two attached hydrogens (primary N) is 1. The summed E-state index contributed by atoms with van der Waals surface area (Å²) in [6, 6.07) is 8.94. The summed E-state index contributed by atoms with van der Waals surface area (Å²) in [5.41, 5.74) is 8.51. The van der Waals surface area contributed by atoms with Gasteiger partial charge in [-0.3, -0.25) is 0 Å². The third-order valence-corrected chi connectivity index (χ3v) is 2.62. The van der Waals surface area contributed by atoms with Crippen LogP contribution in [0.25, 0.3) is 0 Å². The van der Waals surface area contributed by atoms with E-state index in [1.165, 1.54) is 11.1 Å². The molecule has 76 valence electrons. The second-order valence-electron chi connectivity index (χ2n) is 4.16. The van der Waals surface area contributed by atoms with E-state index in [2.05, 4.69) is 24.3 Å². The molecule has 2 rings (SSSR count). The molecule has 1 aliphatic rings. The van der Waals surface area contributed by atoms with Crippen molar-refractivity contribution in [3.8, 4) is 0 Å². The van der Waals surface area contributed by atoms with Gasteiger partial charge in [-0.05, 0) is 24.5 Å². The lowest BCUT2D eigenvalue weighted by atomic mass is 9.94. The fourth-order valence-corrected chi connectivity index (χ4v) is 1.77. The van der Waals surface area contributed by atoms with Crippen molar-refractivity contribution in [1.82, 2.24) is 0 Å². The number of benzene rings is 1. The van der Waals surface area contributed by atoms with Crippen molar-refractivity contribution in [1.29, 1.82) is 0 Å². The Labute approximate surface area is 85.1 Å². The van der Waals surface area contributed by atoms with Gasteiger partial charge in [0.2, 0.25) is 0 Å². The van der Waals surface area contributed by atoms with Crippen molar-refractivity contribution in [3.63, 3.8) is 0 Å². The fraction of sp³-hybridized carbons (Fsp3) is 0.500. The normalized spacial score (nSPS) is 19.0. The first-order valence-corrected chi connectivity index (χ1v) is 5.18. The van der Waals surface area contributed by atoms with Crippen molar-refractivity contribution >= 4 is 0 Å². The Morgan fingerprint density at radius 1 is 1.50 bits per heavy atom. The molecule has 0 aliphatic carbocycles. The van der Waals surface area contributed by atoms with Crippen LogP contribution >= 0.6 is 0 Å². The standard InChI is InChI=1S/C12H17NO/c1-9(13)5-10-3-2-4-11(6-10)12-7-14-8-12/h2-4,6,9,12H,5,7-8,13H2,1H3. The van der Waals surface area contributed by atoms with Crippen LogP contribution in [-0.4, -0.2) is 19.3 Å². The molecule has 1 unspecified atom stereocenters. The van der Waals surface area contributed by atoms with E-state index in [1.54, 1.807) is 0 Å². The Balaban J connectivity index is 2.09. The molecular weight excluding hydrogens is 174 g/mol. The third-order valence-electron chi connectivity index (χ3n) is 2.62. The van der Waals surface area contributed by atoms with E-state index < -0.39 is 0 Å². The summed E-state index contributed by atoms with van der Waals surface area (Å²) in [5.74, 6) is 0.614. The van der Waals surface area contributed by atoms with Crippen LogP contribution in [0.3, 0.4) is 0 Å². The summed E-state index contributed by atoms with van der Waals surface area (Å²) in [4.78, 5) is 0. The molecule has 1 aliphatic heterocycles. The largest absolute Gasteiger partial charge is 0.380 e. The predicted molar refractivity (Wildman–Crippen MR) is 57.4 cm³/mol. The van der Waals surface area contributed by atoms with Gasteiger partial charge in [0.05, 0.1) is 13.2 Å². The molecule has 1 saturated heterocycles. The van der Waals surface area contributed by atoms with Gasteiger partial charge < -0.3 is 10.5 Å². The number of rotatable bonds is 3. The quantitative estimate of drug-likeness (QED) is 0.789. The Kier molecular flexibility index (Phi) is 2.85. The molecule has 2 nitrogen and oxygen atoms in total. The number of ether oxygens (including phenoxy) is 1. The summed E-state index contributed by atoms with van der Waals surface area (Å²) in [5, 5.41) is 0. The van der Waals surface area contributed by atoms with Crippen LogP contribution < -0.4 is 5.73 Å². The van der Waals surface area contributed by atoms with Crippen LogP contribution in [0.15, 0.2) is 24.3 Å². The molecule has 1 aromatic rings. The van der Waals surface area contributed by atoms with Gasteiger partial charge in [-0.25, -0.2) is 0 Å². The van der Waals surface area contributed by atoms with E-state index in [0.29, 0.717) is 5.92 Å². The zero-order valence-corrected chi connectivity index (χ0v) is 8.57. The summed E-state index contributed by atoms with van der Waals surface area (Å²) in [6.07, 6.45) is 0.960. The molecule has 0 bridgehead atoms. The van der Waals surface area contributed by atoms with E-state index in [1.807, 2.05) is 6.92 Å². The molecule has 0 amide bonds. The smallest absolute Gasteiger partial charge is 0.0557 e. The van der Waals surface area contributed by atoms with E-state index in [9.17, 15) is 0 Å². The summed E-state index contributed by atoms with van der Waals surface area (Å²) in [7, 11) is 0. The lowest BCUT2D eigenvalue weighted by Gasteiger charge is -2.26. The average molecular weight is 191 g/mol.